The SMILES string of the molecule is [C-]#[N+]/C(=C\c1ccco1)C(=O)NCCCCCCNC(=O)/C(C#N)=C/c1ccco1. The fourth-order valence-corrected chi connectivity index (χ4v) is 2.51. The van der Waals surface area contributed by atoms with Gasteiger partial charge in [-0.3, -0.25) is 9.59 Å². The summed E-state index contributed by atoms with van der Waals surface area (Å²) >= 11 is 0. The number of amides is 2. The van der Waals surface area contributed by atoms with Gasteiger partial charge in [0.15, 0.2) is 0 Å². The van der Waals surface area contributed by atoms with E-state index in [2.05, 4.69) is 15.5 Å². The number of nitriles is 1. The van der Waals surface area contributed by atoms with E-state index in [1.807, 2.05) is 6.07 Å². The second kappa shape index (κ2) is 12.4. The van der Waals surface area contributed by atoms with Crippen molar-refractivity contribution in [2.45, 2.75) is 25.7 Å². The average molecular weight is 406 g/mol. The fourth-order valence-electron chi connectivity index (χ4n) is 2.51. The van der Waals surface area contributed by atoms with Gasteiger partial charge in [0.2, 0.25) is 5.91 Å². The second-order valence-electron chi connectivity index (χ2n) is 6.27. The Labute approximate surface area is 174 Å². The highest BCUT2D eigenvalue weighted by molar-refractivity contribution is 6.01. The summed E-state index contributed by atoms with van der Waals surface area (Å²) in [6.45, 7) is 8.02. The van der Waals surface area contributed by atoms with Crippen LogP contribution in [-0.4, -0.2) is 24.9 Å². The van der Waals surface area contributed by atoms with Gasteiger partial charge in [-0.2, -0.15) is 5.26 Å². The van der Waals surface area contributed by atoms with Crippen LogP contribution in [0.25, 0.3) is 17.0 Å². The predicted octanol–water partition coefficient (Wildman–Crippen LogP) is 3.53. The normalized spacial score (nSPS) is 11.4. The highest BCUT2D eigenvalue weighted by Gasteiger charge is 2.10. The molecule has 0 spiro atoms. The number of hydrogen-bond acceptors (Lipinski definition) is 5. The topological polar surface area (TPSA) is 113 Å². The lowest BCUT2D eigenvalue weighted by Gasteiger charge is -2.06. The van der Waals surface area contributed by atoms with Crippen molar-refractivity contribution in [1.82, 2.24) is 10.6 Å². The molecule has 0 aromatic carbocycles. The van der Waals surface area contributed by atoms with Crippen LogP contribution in [0.15, 0.2) is 56.9 Å². The minimum Gasteiger partial charge on any atom is -0.466 e. The lowest BCUT2D eigenvalue weighted by molar-refractivity contribution is -0.117. The minimum atomic E-state index is -0.434. The van der Waals surface area contributed by atoms with Crippen LogP contribution in [0.3, 0.4) is 0 Å². The van der Waals surface area contributed by atoms with Crippen molar-refractivity contribution in [3.63, 3.8) is 0 Å². The highest BCUT2D eigenvalue weighted by atomic mass is 16.3. The molecule has 0 fully saturated rings. The minimum absolute atomic E-state index is 0.00845. The Bertz CT molecular complexity index is 878. The van der Waals surface area contributed by atoms with Gasteiger partial charge >= 0.3 is 0 Å². The molecule has 2 rings (SSSR count). The number of furan rings is 2. The Morgan fingerprint density at radius 3 is 2.03 bits per heavy atom. The summed E-state index contributed by atoms with van der Waals surface area (Å²) in [5, 5.41) is 14.5. The van der Waals surface area contributed by atoms with Gasteiger partial charge in [-0.25, -0.2) is 4.85 Å². The average Bonchev–Trinajstić information content (AvgIpc) is 3.45. The zero-order valence-corrected chi connectivity index (χ0v) is 16.4. The first-order valence-corrected chi connectivity index (χ1v) is 9.48. The lowest BCUT2D eigenvalue weighted by atomic mass is 10.2. The predicted molar refractivity (Wildman–Crippen MR) is 110 cm³/mol. The first kappa shape index (κ1) is 22.3. The molecule has 0 bridgehead atoms. The molecule has 8 heteroatoms. The Morgan fingerprint density at radius 2 is 1.53 bits per heavy atom. The Morgan fingerprint density at radius 1 is 0.967 bits per heavy atom. The molecule has 2 aromatic rings. The quantitative estimate of drug-likeness (QED) is 0.257. The van der Waals surface area contributed by atoms with E-state index in [1.54, 1.807) is 24.3 Å². The standard InChI is InChI=1S/C22H22N4O4/c1-24-20(15-19-9-7-13-30-19)22(28)26-11-5-3-2-4-10-25-21(27)17(16-23)14-18-8-6-12-29-18/h6-9,12-15H,2-5,10-11H2,(H,25,27)(H,26,28)/b17-14+,20-15-. The van der Waals surface area contributed by atoms with Crippen LogP contribution in [0.1, 0.15) is 37.2 Å². The molecule has 154 valence electrons. The maximum Gasteiger partial charge on any atom is 0.262 e. The number of nitrogens with one attached hydrogen (secondary N) is 2. The molecule has 0 saturated carbocycles. The second-order valence-corrected chi connectivity index (χ2v) is 6.27. The third-order valence-corrected chi connectivity index (χ3v) is 4.04. The third-order valence-electron chi connectivity index (χ3n) is 4.04. The Kier molecular flexibility index (Phi) is 9.22. The maximum atomic E-state index is 12.0. The van der Waals surface area contributed by atoms with Crippen molar-refractivity contribution in [3.05, 3.63) is 71.0 Å². The number of nitrogens with zero attached hydrogens (tertiary/aromatic N) is 2. The number of carbonyl (C=O) groups is 2. The van der Waals surface area contributed by atoms with E-state index < -0.39 is 11.8 Å². The van der Waals surface area contributed by atoms with E-state index in [0.29, 0.717) is 24.6 Å². The number of rotatable bonds is 11. The van der Waals surface area contributed by atoms with Crippen LogP contribution in [0.2, 0.25) is 0 Å². The maximum absolute atomic E-state index is 12.0. The van der Waals surface area contributed by atoms with Gasteiger partial charge in [0.25, 0.3) is 11.6 Å². The van der Waals surface area contributed by atoms with Crippen molar-refractivity contribution in [1.29, 1.82) is 5.26 Å². The van der Waals surface area contributed by atoms with Gasteiger partial charge in [-0.05, 0) is 43.2 Å². The molecule has 8 nitrogen and oxygen atoms in total. The fraction of sp³-hybridized carbons (Fsp3) is 0.273. The van der Waals surface area contributed by atoms with E-state index in [0.717, 1.165) is 25.7 Å². The van der Waals surface area contributed by atoms with Crippen molar-refractivity contribution in [3.8, 4) is 6.07 Å². The molecular weight excluding hydrogens is 384 g/mol. The molecule has 30 heavy (non-hydrogen) atoms. The Hall–Kier alpha value is -4.04. The summed E-state index contributed by atoms with van der Waals surface area (Å²) in [5.41, 5.74) is -0.0329. The van der Waals surface area contributed by atoms with Crippen LogP contribution in [0.4, 0.5) is 0 Å². The van der Waals surface area contributed by atoms with E-state index in [1.165, 1.54) is 24.7 Å². The summed E-state index contributed by atoms with van der Waals surface area (Å²) < 4.78 is 10.2. The van der Waals surface area contributed by atoms with E-state index in [-0.39, 0.29) is 11.3 Å². The van der Waals surface area contributed by atoms with Gasteiger partial charge in [-0.1, -0.05) is 12.8 Å². The largest absolute Gasteiger partial charge is 0.466 e. The molecule has 0 radical (unpaired) electrons. The molecule has 0 aliphatic heterocycles. The Balaban J connectivity index is 1.59. The highest BCUT2D eigenvalue weighted by Crippen LogP contribution is 2.09. The number of hydrogen-bond donors (Lipinski definition) is 2. The monoisotopic (exact) mass is 406 g/mol. The van der Waals surface area contributed by atoms with Crippen molar-refractivity contribution in [2.24, 2.45) is 0 Å². The summed E-state index contributed by atoms with van der Waals surface area (Å²) in [7, 11) is 0. The first-order chi connectivity index (χ1) is 14.6. The summed E-state index contributed by atoms with van der Waals surface area (Å²) in [4.78, 5) is 27.2. The van der Waals surface area contributed by atoms with Gasteiger partial charge < -0.3 is 19.5 Å². The van der Waals surface area contributed by atoms with E-state index in [4.69, 9.17) is 20.7 Å². The van der Waals surface area contributed by atoms with Crippen LogP contribution in [0.5, 0.6) is 0 Å². The zero-order chi connectivity index (χ0) is 21.6. The zero-order valence-electron chi connectivity index (χ0n) is 16.4. The molecule has 0 aliphatic rings. The van der Waals surface area contributed by atoms with Gasteiger partial charge in [0, 0.05) is 19.2 Å². The molecule has 2 aromatic heterocycles. The van der Waals surface area contributed by atoms with E-state index >= 15 is 0 Å². The van der Waals surface area contributed by atoms with Gasteiger partial charge in [-0.15, -0.1) is 0 Å². The van der Waals surface area contributed by atoms with Crippen LogP contribution in [-0.2, 0) is 9.59 Å². The van der Waals surface area contributed by atoms with Crippen LogP contribution in [0, 0.1) is 17.9 Å². The molecule has 2 amide bonds. The van der Waals surface area contributed by atoms with Crippen LogP contribution < -0.4 is 10.6 Å². The molecule has 0 saturated heterocycles. The molecule has 2 N–H and O–H groups in total. The van der Waals surface area contributed by atoms with Crippen LogP contribution >= 0.6 is 0 Å². The molecular formula is C22H22N4O4. The summed E-state index contributed by atoms with van der Waals surface area (Å²) in [6.07, 6.45) is 8.98. The number of carbonyl (C=O) groups excluding carboxylic acids is 2. The summed E-state index contributed by atoms with van der Waals surface area (Å²) in [6, 6.07) is 8.56. The van der Waals surface area contributed by atoms with Crippen molar-refractivity contribution in [2.75, 3.05) is 13.1 Å². The van der Waals surface area contributed by atoms with Crippen molar-refractivity contribution >= 4 is 24.0 Å². The van der Waals surface area contributed by atoms with E-state index in [9.17, 15) is 9.59 Å². The molecule has 0 aliphatic carbocycles. The van der Waals surface area contributed by atoms with Crippen molar-refractivity contribution < 1.29 is 18.4 Å². The third kappa shape index (κ3) is 7.53. The van der Waals surface area contributed by atoms with Gasteiger partial charge in [0.1, 0.15) is 23.2 Å². The number of unbranched alkanes of at least 4 members (excludes halogenated alkanes) is 3. The van der Waals surface area contributed by atoms with Gasteiger partial charge in [0.05, 0.1) is 19.1 Å². The summed E-state index contributed by atoms with van der Waals surface area (Å²) in [5.74, 6) is 0.0399. The smallest absolute Gasteiger partial charge is 0.262 e. The lowest BCUT2D eigenvalue weighted by Crippen LogP contribution is -2.26. The first-order valence-electron chi connectivity index (χ1n) is 9.48. The molecule has 0 atom stereocenters. The molecule has 2 heterocycles. The molecule has 0 unspecified atom stereocenters.